The highest BCUT2D eigenvalue weighted by Crippen LogP contribution is 2.33. The van der Waals surface area contributed by atoms with Gasteiger partial charge in [0.25, 0.3) is 0 Å². The van der Waals surface area contributed by atoms with Crippen LogP contribution in [0.3, 0.4) is 0 Å². The van der Waals surface area contributed by atoms with E-state index >= 15 is 0 Å². The van der Waals surface area contributed by atoms with Crippen LogP contribution in [0.1, 0.15) is 52.7 Å². The molecule has 0 aliphatic carbocycles. The number of nitriles is 1. The molecule has 3 amide bonds. The predicted octanol–water partition coefficient (Wildman–Crippen LogP) is 5.71. The minimum atomic E-state index is -4.83. The van der Waals surface area contributed by atoms with Crippen molar-refractivity contribution in [3.8, 4) is 6.07 Å². The molecular weight excluding hydrogens is 545 g/mol. The van der Waals surface area contributed by atoms with Crippen LogP contribution in [-0.4, -0.2) is 46.5 Å². The van der Waals surface area contributed by atoms with E-state index in [1.165, 1.54) is 65.8 Å². The molecule has 2 rings (SSSR count). The number of hydrazine groups is 1. The number of alkyl halides is 3. The highest BCUT2D eigenvalue weighted by atomic mass is 19.4. The maximum absolute atomic E-state index is 13.9. The number of halogens is 3. The van der Waals surface area contributed by atoms with E-state index < -0.39 is 52.6 Å². The lowest BCUT2D eigenvalue weighted by Crippen LogP contribution is -2.57. The third-order valence-electron chi connectivity index (χ3n) is 4.56. The van der Waals surface area contributed by atoms with Crippen molar-refractivity contribution in [3.63, 3.8) is 0 Å². The number of hydrogen-bond acceptors (Lipinski definition) is 7. The van der Waals surface area contributed by atoms with Gasteiger partial charge in [-0.2, -0.15) is 23.4 Å². The van der Waals surface area contributed by atoms with Crippen LogP contribution in [0.2, 0.25) is 0 Å². The molecule has 0 unspecified atom stereocenters. The zero-order valence-electron chi connectivity index (χ0n) is 23.2. The quantitative estimate of drug-likeness (QED) is 0.274. The Kier molecular flexibility index (Phi) is 9.84. The fourth-order valence-corrected chi connectivity index (χ4v) is 3.01. The van der Waals surface area contributed by atoms with Crippen molar-refractivity contribution in [2.24, 2.45) is 15.7 Å². The van der Waals surface area contributed by atoms with Crippen LogP contribution in [-0.2, 0) is 20.4 Å². The van der Waals surface area contributed by atoms with Crippen LogP contribution in [0.5, 0.6) is 0 Å². The van der Waals surface area contributed by atoms with Gasteiger partial charge in [-0.3, -0.25) is 4.79 Å². The van der Waals surface area contributed by atoms with Crippen molar-refractivity contribution in [3.05, 3.63) is 59.7 Å². The van der Waals surface area contributed by atoms with Gasteiger partial charge in [0.15, 0.2) is 0 Å². The summed E-state index contributed by atoms with van der Waals surface area (Å²) in [5, 5.41) is 9.46. The van der Waals surface area contributed by atoms with Crippen LogP contribution >= 0.6 is 0 Å². The van der Waals surface area contributed by atoms with Gasteiger partial charge in [-0.05, 0) is 84.0 Å². The molecule has 0 aliphatic rings. The second kappa shape index (κ2) is 12.5. The summed E-state index contributed by atoms with van der Waals surface area (Å²) in [7, 11) is 0. The standard InChI is InChI=1S/C27H29F3N6O5/c1-25(2,3)40-23(38)35(20-9-7-8-18(14-20)27(28,29)30)36(24(39)41-26(4,5)6)22(37)21(33-16-32)34-19-12-10-17(15-31)11-13-19/h7-14,16H,1-6H3,(H2,32,33,34). The Hall–Kier alpha value is -4.93. The van der Waals surface area contributed by atoms with Crippen LogP contribution in [0, 0.1) is 11.3 Å². The van der Waals surface area contributed by atoms with E-state index in [2.05, 4.69) is 9.98 Å². The number of nitrogens with zero attached hydrogens (tertiary/aromatic N) is 5. The highest BCUT2D eigenvalue weighted by Gasteiger charge is 2.41. The molecule has 0 radical (unpaired) electrons. The Morgan fingerprint density at radius 1 is 0.927 bits per heavy atom. The molecule has 2 N–H and O–H groups in total. The highest BCUT2D eigenvalue weighted by molar-refractivity contribution is 6.42. The van der Waals surface area contributed by atoms with Gasteiger partial charge in [0.2, 0.25) is 5.84 Å². The van der Waals surface area contributed by atoms with E-state index in [0.717, 1.165) is 18.2 Å². The number of carbonyl (C=O) groups excluding carboxylic acids is 3. The number of amidine groups is 1. The second-order valence-corrected chi connectivity index (χ2v) is 10.3. The third-order valence-corrected chi connectivity index (χ3v) is 4.56. The van der Waals surface area contributed by atoms with Gasteiger partial charge in [0.05, 0.1) is 34.9 Å². The van der Waals surface area contributed by atoms with E-state index in [0.29, 0.717) is 17.4 Å². The van der Waals surface area contributed by atoms with Gasteiger partial charge in [-0.15, -0.1) is 5.01 Å². The molecule has 0 aromatic heterocycles. The van der Waals surface area contributed by atoms with Crippen LogP contribution in [0.15, 0.2) is 58.5 Å². The Labute approximate surface area is 234 Å². The average molecular weight is 575 g/mol. The number of aliphatic imine (C=N–C) groups is 2. The monoisotopic (exact) mass is 574 g/mol. The van der Waals surface area contributed by atoms with E-state index in [1.807, 2.05) is 6.07 Å². The normalized spacial score (nSPS) is 12.4. The summed E-state index contributed by atoms with van der Waals surface area (Å²) < 4.78 is 51.4. The molecule has 11 nitrogen and oxygen atoms in total. The maximum Gasteiger partial charge on any atom is 0.437 e. The fraction of sp³-hybridized carbons (Fsp3) is 0.333. The van der Waals surface area contributed by atoms with Crippen molar-refractivity contribution in [2.75, 3.05) is 5.01 Å². The molecule has 0 spiro atoms. The van der Waals surface area contributed by atoms with Gasteiger partial charge >= 0.3 is 24.3 Å². The Balaban J connectivity index is 2.84. The molecule has 0 heterocycles. The number of ether oxygens (including phenoxy) is 2. The largest absolute Gasteiger partial charge is 0.442 e. The van der Waals surface area contributed by atoms with Gasteiger partial charge in [0.1, 0.15) is 11.2 Å². The molecule has 218 valence electrons. The number of anilines is 1. The molecule has 0 aliphatic heterocycles. The van der Waals surface area contributed by atoms with Gasteiger partial charge in [0, 0.05) is 0 Å². The summed E-state index contributed by atoms with van der Waals surface area (Å²) in [6.07, 6.45) is -6.98. The Bertz CT molecular complexity index is 1380. The number of rotatable bonds is 2. The van der Waals surface area contributed by atoms with Gasteiger partial charge < -0.3 is 15.2 Å². The van der Waals surface area contributed by atoms with Crippen molar-refractivity contribution in [1.82, 2.24) is 5.01 Å². The molecule has 2 aromatic carbocycles. The molecule has 0 fully saturated rings. The topological polar surface area (TPSA) is 151 Å². The first-order valence-corrected chi connectivity index (χ1v) is 12.0. The van der Waals surface area contributed by atoms with Crippen molar-refractivity contribution < 1.29 is 37.0 Å². The molecule has 41 heavy (non-hydrogen) atoms. The van der Waals surface area contributed by atoms with Crippen LogP contribution in [0.25, 0.3) is 0 Å². The number of amides is 3. The first kappa shape index (κ1) is 32.3. The number of carbonyl (C=O) groups is 3. The molecule has 2 aromatic rings. The number of hydrogen-bond donors (Lipinski definition) is 1. The van der Waals surface area contributed by atoms with Crippen molar-refractivity contribution in [1.29, 1.82) is 5.26 Å². The fourth-order valence-electron chi connectivity index (χ4n) is 3.01. The number of nitrogens with two attached hydrogens (primary N) is 1. The van der Waals surface area contributed by atoms with E-state index in [1.54, 1.807) is 0 Å². The summed E-state index contributed by atoms with van der Waals surface area (Å²) >= 11 is 0. The van der Waals surface area contributed by atoms with E-state index in [9.17, 15) is 27.6 Å². The molecule has 0 saturated carbocycles. The summed E-state index contributed by atoms with van der Waals surface area (Å²) in [5.41, 5.74) is 1.65. The first-order chi connectivity index (χ1) is 18.9. The second-order valence-electron chi connectivity index (χ2n) is 10.3. The van der Waals surface area contributed by atoms with E-state index in [4.69, 9.17) is 20.5 Å². The Morgan fingerprint density at radius 2 is 1.49 bits per heavy atom. The molecule has 0 bridgehead atoms. The van der Waals surface area contributed by atoms with Gasteiger partial charge in [-0.1, -0.05) is 6.07 Å². The average Bonchev–Trinajstić information content (AvgIpc) is 2.84. The van der Waals surface area contributed by atoms with Crippen molar-refractivity contribution >= 4 is 41.6 Å². The molecule has 0 saturated heterocycles. The van der Waals surface area contributed by atoms with E-state index in [-0.39, 0.29) is 16.3 Å². The minimum Gasteiger partial charge on any atom is -0.442 e. The Morgan fingerprint density at radius 3 is 1.98 bits per heavy atom. The van der Waals surface area contributed by atoms with Crippen LogP contribution < -0.4 is 10.7 Å². The smallest absolute Gasteiger partial charge is 0.437 e. The number of benzene rings is 2. The SMILES string of the molecule is CC(C)(C)OC(=O)N(C(=O)C(N=CN)=Nc1ccc(C#N)cc1)N(C(=O)OC(C)(C)C)c1cccc(C(F)(F)F)c1. The van der Waals surface area contributed by atoms with Crippen LogP contribution in [0.4, 0.5) is 34.1 Å². The maximum atomic E-state index is 13.9. The van der Waals surface area contributed by atoms with Gasteiger partial charge in [-0.25, -0.2) is 19.6 Å². The number of imide groups is 1. The summed E-state index contributed by atoms with van der Waals surface area (Å²) in [6.45, 7) is 8.85. The molecule has 0 atom stereocenters. The van der Waals surface area contributed by atoms with Crippen molar-refractivity contribution in [2.45, 2.75) is 58.9 Å². The summed E-state index contributed by atoms with van der Waals surface area (Å²) in [5.74, 6) is -2.14. The lowest BCUT2D eigenvalue weighted by Gasteiger charge is -2.35. The summed E-state index contributed by atoms with van der Waals surface area (Å²) in [4.78, 5) is 48.5. The first-order valence-electron chi connectivity index (χ1n) is 12.0. The molecule has 14 heteroatoms. The summed E-state index contributed by atoms with van der Waals surface area (Å²) in [6, 6.07) is 10.8. The predicted molar refractivity (Wildman–Crippen MR) is 144 cm³/mol. The third kappa shape index (κ3) is 9.34. The zero-order valence-corrected chi connectivity index (χ0v) is 23.2. The lowest BCUT2D eigenvalue weighted by molar-refractivity contribution is -0.137. The minimum absolute atomic E-state index is 0.102. The molecular formula is C27H29F3N6O5. The lowest BCUT2D eigenvalue weighted by atomic mass is 10.2. The zero-order chi connectivity index (χ0) is 31.2.